The van der Waals surface area contributed by atoms with Crippen molar-refractivity contribution in [3.63, 3.8) is 0 Å². The number of rotatable bonds is 3. The first kappa shape index (κ1) is 14.7. The van der Waals surface area contributed by atoms with Crippen LogP contribution in [0.1, 0.15) is 13.3 Å². The van der Waals surface area contributed by atoms with Crippen LogP contribution < -0.4 is 0 Å². The molecule has 1 aromatic rings. The third kappa shape index (κ3) is 3.08. The minimum absolute atomic E-state index is 0.0659. The number of hydrogen-bond donors (Lipinski definition) is 0. The number of hydrogen-bond acceptors (Lipinski definition) is 4. The standard InChI is InChI=1S/C12H17ClN2O3S/c1-9-5-6-15(8-11(9)18-2)19(16,17)10-3-4-12(13)14-7-10/h3-4,7,9,11H,5-6,8H2,1-2H3. The lowest BCUT2D eigenvalue weighted by molar-refractivity contribution is 0.0184. The summed E-state index contributed by atoms with van der Waals surface area (Å²) in [6, 6.07) is 2.96. The molecule has 2 atom stereocenters. The molecule has 0 radical (unpaired) electrons. The van der Waals surface area contributed by atoms with Crippen molar-refractivity contribution >= 4 is 21.6 Å². The summed E-state index contributed by atoms with van der Waals surface area (Å²) in [6.07, 6.45) is 2.01. The third-order valence-electron chi connectivity index (χ3n) is 3.49. The Morgan fingerprint density at radius 1 is 1.47 bits per heavy atom. The number of pyridine rings is 1. The molecule has 106 valence electrons. The minimum Gasteiger partial charge on any atom is -0.380 e. The third-order valence-corrected chi connectivity index (χ3v) is 5.57. The second-order valence-electron chi connectivity index (χ2n) is 4.72. The van der Waals surface area contributed by atoms with Gasteiger partial charge in [0.2, 0.25) is 10.0 Å². The summed E-state index contributed by atoms with van der Waals surface area (Å²) in [4.78, 5) is 3.99. The molecular formula is C12H17ClN2O3S. The van der Waals surface area contributed by atoms with E-state index in [0.29, 0.717) is 19.0 Å². The Morgan fingerprint density at radius 3 is 2.79 bits per heavy atom. The average molecular weight is 305 g/mol. The van der Waals surface area contributed by atoms with Crippen LogP contribution in [-0.4, -0.2) is 44.0 Å². The smallest absolute Gasteiger partial charge is 0.244 e. The van der Waals surface area contributed by atoms with E-state index in [0.717, 1.165) is 6.42 Å². The number of aromatic nitrogens is 1. The van der Waals surface area contributed by atoms with Gasteiger partial charge in [0.1, 0.15) is 10.0 Å². The van der Waals surface area contributed by atoms with Crippen LogP contribution in [0.5, 0.6) is 0 Å². The summed E-state index contributed by atoms with van der Waals surface area (Å²) in [5, 5.41) is 0.279. The van der Waals surface area contributed by atoms with Crippen molar-refractivity contribution < 1.29 is 13.2 Å². The highest BCUT2D eigenvalue weighted by atomic mass is 35.5. The molecule has 5 nitrogen and oxygen atoms in total. The Labute approximate surface area is 118 Å². The minimum atomic E-state index is -3.51. The monoisotopic (exact) mass is 304 g/mol. The predicted octanol–water partition coefficient (Wildman–Crippen LogP) is 1.78. The zero-order chi connectivity index (χ0) is 14.0. The van der Waals surface area contributed by atoms with Crippen molar-refractivity contribution in [2.24, 2.45) is 5.92 Å². The Bertz CT molecular complexity index is 532. The van der Waals surface area contributed by atoms with Crippen molar-refractivity contribution in [2.45, 2.75) is 24.3 Å². The first-order chi connectivity index (χ1) is 8.95. The predicted molar refractivity (Wildman–Crippen MR) is 72.6 cm³/mol. The molecule has 2 heterocycles. The van der Waals surface area contributed by atoms with Gasteiger partial charge < -0.3 is 4.74 Å². The Balaban J connectivity index is 2.23. The molecule has 2 rings (SSSR count). The Hall–Kier alpha value is -0.690. The van der Waals surface area contributed by atoms with Crippen molar-refractivity contribution in [1.82, 2.24) is 9.29 Å². The van der Waals surface area contributed by atoms with E-state index in [9.17, 15) is 8.42 Å². The van der Waals surface area contributed by atoms with E-state index in [1.54, 1.807) is 7.11 Å². The van der Waals surface area contributed by atoms with E-state index in [-0.39, 0.29) is 16.2 Å². The van der Waals surface area contributed by atoms with Gasteiger partial charge in [-0.1, -0.05) is 18.5 Å². The molecule has 1 fully saturated rings. The van der Waals surface area contributed by atoms with Gasteiger partial charge >= 0.3 is 0 Å². The van der Waals surface area contributed by atoms with Crippen LogP contribution in [0.2, 0.25) is 5.15 Å². The maximum absolute atomic E-state index is 12.5. The van der Waals surface area contributed by atoms with E-state index in [4.69, 9.17) is 16.3 Å². The van der Waals surface area contributed by atoms with Gasteiger partial charge in [0.15, 0.2) is 0 Å². The fourth-order valence-corrected chi connectivity index (χ4v) is 3.72. The highest BCUT2D eigenvalue weighted by Gasteiger charge is 2.33. The number of methoxy groups -OCH3 is 1. The summed E-state index contributed by atoms with van der Waals surface area (Å²) >= 11 is 5.67. The van der Waals surface area contributed by atoms with Gasteiger partial charge in [-0.3, -0.25) is 0 Å². The fourth-order valence-electron chi connectivity index (χ4n) is 2.19. The van der Waals surface area contributed by atoms with Gasteiger partial charge in [-0.05, 0) is 24.5 Å². The molecule has 1 saturated heterocycles. The highest BCUT2D eigenvalue weighted by Crippen LogP contribution is 2.25. The average Bonchev–Trinajstić information content (AvgIpc) is 2.39. The molecule has 1 aliphatic heterocycles. The van der Waals surface area contributed by atoms with Crippen LogP contribution in [0.3, 0.4) is 0 Å². The number of piperidine rings is 1. The molecule has 0 bridgehead atoms. The van der Waals surface area contributed by atoms with Gasteiger partial charge in [-0.25, -0.2) is 13.4 Å². The molecule has 0 saturated carbocycles. The lowest BCUT2D eigenvalue weighted by Gasteiger charge is -2.35. The molecular weight excluding hydrogens is 288 g/mol. The summed E-state index contributed by atoms with van der Waals surface area (Å²) in [5.74, 6) is 0.361. The van der Waals surface area contributed by atoms with E-state index in [1.165, 1.54) is 22.6 Å². The molecule has 0 spiro atoms. The summed E-state index contributed by atoms with van der Waals surface area (Å²) in [5.41, 5.74) is 0. The Morgan fingerprint density at radius 2 is 2.21 bits per heavy atom. The summed E-state index contributed by atoms with van der Waals surface area (Å²) in [6.45, 7) is 2.95. The van der Waals surface area contributed by atoms with Crippen LogP contribution in [0.25, 0.3) is 0 Å². The summed E-state index contributed by atoms with van der Waals surface area (Å²) in [7, 11) is -1.90. The quantitative estimate of drug-likeness (QED) is 0.799. The van der Waals surface area contributed by atoms with Gasteiger partial charge in [0, 0.05) is 26.4 Å². The zero-order valence-electron chi connectivity index (χ0n) is 10.9. The van der Waals surface area contributed by atoms with Crippen molar-refractivity contribution in [3.05, 3.63) is 23.5 Å². The first-order valence-corrected chi connectivity index (χ1v) is 7.91. The second-order valence-corrected chi connectivity index (χ2v) is 7.04. The van der Waals surface area contributed by atoms with E-state index in [1.807, 2.05) is 0 Å². The second kappa shape index (κ2) is 5.75. The first-order valence-electron chi connectivity index (χ1n) is 6.09. The molecule has 1 aliphatic rings. The van der Waals surface area contributed by atoms with E-state index >= 15 is 0 Å². The van der Waals surface area contributed by atoms with Crippen LogP contribution >= 0.6 is 11.6 Å². The van der Waals surface area contributed by atoms with E-state index in [2.05, 4.69) is 11.9 Å². The molecule has 19 heavy (non-hydrogen) atoms. The molecule has 0 aromatic carbocycles. The molecule has 2 unspecified atom stereocenters. The molecule has 0 N–H and O–H groups in total. The topological polar surface area (TPSA) is 59.5 Å². The van der Waals surface area contributed by atoms with Gasteiger partial charge in [-0.2, -0.15) is 4.31 Å². The van der Waals surface area contributed by atoms with Crippen LogP contribution in [0.15, 0.2) is 23.2 Å². The van der Waals surface area contributed by atoms with Crippen molar-refractivity contribution in [2.75, 3.05) is 20.2 Å². The number of ether oxygens (including phenoxy) is 1. The Kier molecular flexibility index (Phi) is 4.45. The maximum atomic E-state index is 12.5. The fraction of sp³-hybridized carbons (Fsp3) is 0.583. The van der Waals surface area contributed by atoms with Crippen molar-refractivity contribution in [3.8, 4) is 0 Å². The van der Waals surface area contributed by atoms with Crippen molar-refractivity contribution in [1.29, 1.82) is 0 Å². The largest absolute Gasteiger partial charge is 0.380 e. The van der Waals surface area contributed by atoms with Gasteiger partial charge in [-0.15, -0.1) is 0 Å². The molecule has 7 heteroatoms. The van der Waals surface area contributed by atoms with Crippen LogP contribution in [-0.2, 0) is 14.8 Å². The van der Waals surface area contributed by atoms with Crippen LogP contribution in [0, 0.1) is 5.92 Å². The molecule has 1 aromatic heterocycles. The van der Waals surface area contributed by atoms with Gasteiger partial charge in [0.25, 0.3) is 0 Å². The SMILES string of the molecule is COC1CN(S(=O)(=O)c2ccc(Cl)nc2)CCC1C. The number of halogens is 1. The highest BCUT2D eigenvalue weighted by molar-refractivity contribution is 7.89. The lowest BCUT2D eigenvalue weighted by atomic mass is 9.97. The normalized spacial score (nSPS) is 25.4. The zero-order valence-corrected chi connectivity index (χ0v) is 12.5. The molecule has 0 amide bonds. The van der Waals surface area contributed by atoms with E-state index < -0.39 is 10.0 Å². The maximum Gasteiger partial charge on any atom is 0.244 e. The summed E-state index contributed by atoms with van der Waals surface area (Å²) < 4.78 is 31.7. The number of sulfonamides is 1. The van der Waals surface area contributed by atoms with Crippen LogP contribution in [0.4, 0.5) is 0 Å². The lowest BCUT2D eigenvalue weighted by Crippen LogP contribution is -2.46. The molecule has 0 aliphatic carbocycles. The number of nitrogens with zero attached hydrogens (tertiary/aromatic N) is 2. The van der Waals surface area contributed by atoms with Gasteiger partial charge in [0.05, 0.1) is 6.10 Å².